The van der Waals surface area contributed by atoms with E-state index in [2.05, 4.69) is 13.8 Å². The Hall–Kier alpha value is -8.04. The summed E-state index contributed by atoms with van der Waals surface area (Å²) in [6.45, 7) is 4.13. The highest BCUT2D eigenvalue weighted by atomic mass is 16.5. The van der Waals surface area contributed by atoms with Crippen molar-refractivity contribution in [1.82, 2.24) is 0 Å². The average Bonchev–Trinajstić information content (AvgIpc) is 3.28. The van der Waals surface area contributed by atoms with Crippen molar-refractivity contribution in [2.75, 3.05) is 22.9 Å². The van der Waals surface area contributed by atoms with Crippen LogP contribution in [-0.2, 0) is 12.8 Å². The standard InChI is InChI=1S/C52H46N4O5/c1-3-33-29-43(21-25-49(33)55)59-45-23-27-51(47(31-45)35-5-13-39(14-6-35)57-41-17-9-37(53)10-18-41)61-52-28-24-46(60-44-22-26-50(56)34(4-2)30-44)32-48(52)36-7-15-40(16-8-36)58-42-19-11-38(54)12-20-42/h5-32H,3-4,53-56H2,1-2H3. The average molecular weight is 807 g/mol. The molecule has 0 radical (unpaired) electrons. The molecular formula is C52H46N4O5. The van der Waals surface area contributed by atoms with E-state index in [-0.39, 0.29) is 0 Å². The van der Waals surface area contributed by atoms with E-state index < -0.39 is 0 Å². The van der Waals surface area contributed by atoms with Crippen LogP contribution in [-0.4, -0.2) is 0 Å². The van der Waals surface area contributed by atoms with Crippen LogP contribution in [0.15, 0.2) is 170 Å². The molecule has 8 N–H and O–H groups in total. The van der Waals surface area contributed by atoms with E-state index in [0.717, 1.165) is 57.6 Å². The van der Waals surface area contributed by atoms with Crippen LogP contribution in [0.2, 0.25) is 0 Å². The molecule has 0 aliphatic heterocycles. The molecular weight excluding hydrogens is 761 g/mol. The Balaban J connectivity index is 1.16. The summed E-state index contributed by atoms with van der Waals surface area (Å²) in [6.07, 6.45) is 1.58. The minimum absolute atomic E-state index is 0.607. The number of anilines is 4. The lowest BCUT2D eigenvalue weighted by molar-refractivity contribution is 0.466. The van der Waals surface area contributed by atoms with E-state index in [1.54, 1.807) is 24.3 Å². The van der Waals surface area contributed by atoms with E-state index in [1.165, 1.54) is 0 Å². The molecule has 8 aromatic rings. The van der Waals surface area contributed by atoms with Crippen molar-refractivity contribution in [3.63, 3.8) is 0 Å². The molecule has 9 nitrogen and oxygen atoms in total. The van der Waals surface area contributed by atoms with Gasteiger partial charge < -0.3 is 46.6 Å². The fourth-order valence-corrected chi connectivity index (χ4v) is 6.82. The van der Waals surface area contributed by atoms with Crippen LogP contribution in [0.3, 0.4) is 0 Å². The first-order chi connectivity index (χ1) is 29.7. The molecule has 0 bridgehead atoms. The van der Waals surface area contributed by atoms with Crippen LogP contribution in [0.4, 0.5) is 22.7 Å². The lowest BCUT2D eigenvalue weighted by atomic mass is 10.0. The van der Waals surface area contributed by atoms with Gasteiger partial charge in [0.15, 0.2) is 0 Å². The second-order valence-electron chi connectivity index (χ2n) is 14.4. The van der Waals surface area contributed by atoms with Crippen molar-refractivity contribution in [3.8, 4) is 79.7 Å². The van der Waals surface area contributed by atoms with Gasteiger partial charge in [-0.2, -0.15) is 0 Å². The Morgan fingerprint density at radius 2 is 0.607 bits per heavy atom. The van der Waals surface area contributed by atoms with E-state index in [9.17, 15) is 0 Å². The summed E-state index contributed by atoms with van der Waals surface area (Å²) in [6, 6.07) is 53.2. The summed E-state index contributed by atoms with van der Waals surface area (Å²) in [7, 11) is 0. The van der Waals surface area contributed by atoms with Gasteiger partial charge in [0.05, 0.1) is 0 Å². The van der Waals surface area contributed by atoms with Crippen molar-refractivity contribution in [2.45, 2.75) is 26.7 Å². The molecule has 0 aliphatic rings. The summed E-state index contributed by atoms with van der Waals surface area (Å²) >= 11 is 0. The zero-order valence-corrected chi connectivity index (χ0v) is 33.9. The molecule has 0 amide bonds. The molecule has 8 aromatic carbocycles. The quantitative estimate of drug-likeness (QED) is 0.0787. The van der Waals surface area contributed by atoms with Crippen LogP contribution in [0.1, 0.15) is 25.0 Å². The van der Waals surface area contributed by atoms with Crippen LogP contribution >= 0.6 is 0 Å². The van der Waals surface area contributed by atoms with Gasteiger partial charge in [-0.3, -0.25) is 0 Å². The summed E-state index contributed by atoms with van der Waals surface area (Å²) in [4.78, 5) is 0. The van der Waals surface area contributed by atoms with Crippen LogP contribution in [0.25, 0.3) is 22.3 Å². The smallest absolute Gasteiger partial charge is 0.135 e. The molecule has 0 saturated heterocycles. The maximum Gasteiger partial charge on any atom is 0.135 e. The number of hydrogen-bond acceptors (Lipinski definition) is 9. The van der Waals surface area contributed by atoms with Crippen molar-refractivity contribution in [1.29, 1.82) is 0 Å². The van der Waals surface area contributed by atoms with Crippen molar-refractivity contribution in [3.05, 3.63) is 181 Å². The second kappa shape index (κ2) is 17.8. The van der Waals surface area contributed by atoms with E-state index in [4.69, 9.17) is 46.6 Å². The fourth-order valence-electron chi connectivity index (χ4n) is 6.82. The van der Waals surface area contributed by atoms with E-state index in [1.807, 2.05) is 146 Å². The molecule has 0 atom stereocenters. The third kappa shape index (κ3) is 9.64. The Kier molecular flexibility index (Phi) is 11.6. The normalized spacial score (nSPS) is 10.9. The van der Waals surface area contributed by atoms with Gasteiger partial charge in [0.2, 0.25) is 0 Å². The molecule has 0 aromatic heterocycles. The molecule has 8 rings (SSSR count). The Labute approximate surface area is 355 Å². The molecule has 0 heterocycles. The topological polar surface area (TPSA) is 150 Å². The predicted octanol–water partition coefficient (Wildman–Crippen LogP) is 13.4. The predicted molar refractivity (Wildman–Crippen MR) is 246 cm³/mol. The minimum atomic E-state index is 0.607. The van der Waals surface area contributed by atoms with E-state index in [0.29, 0.717) is 68.9 Å². The van der Waals surface area contributed by atoms with Gasteiger partial charge in [-0.25, -0.2) is 0 Å². The van der Waals surface area contributed by atoms with Crippen molar-refractivity contribution in [2.24, 2.45) is 0 Å². The maximum absolute atomic E-state index is 6.91. The number of hydrogen-bond donors (Lipinski definition) is 4. The number of rotatable bonds is 14. The lowest BCUT2D eigenvalue weighted by Crippen LogP contribution is -1.96. The van der Waals surface area contributed by atoms with Crippen molar-refractivity contribution >= 4 is 22.7 Å². The highest BCUT2D eigenvalue weighted by molar-refractivity contribution is 5.77. The maximum atomic E-state index is 6.91. The first-order valence-electron chi connectivity index (χ1n) is 20.1. The molecule has 0 aliphatic carbocycles. The Bertz CT molecular complexity index is 2580. The highest BCUT2D eigenvalue weighted by Gasteiger charge is 2.17. The first-order valence-corrected chi connectivity index (χ1v) is 20.1. The number of nitrogens with two attached hydrogens (primary N) is 4. The number of aryl methyl sites for hydroxylation is 2. The summed E-state index contributed by atoms with van der Waals surface area (Å²) in [5.41, 5.74) is 32.4. The van der Waals surface area contributed by atoms with Gasteiger partial charge in [-0.15, -0.1) is 0 Å². The Morgan fingerprint density at radius 3 is 0.967 bits per heavy atom. The van der Waals surface area contributed by atoms with Gasteiger partial charge in [0.25, 0.3) is 0 Å². The largest absolute Gasteiger partial charge is 0.457 e. The van der Waals surface area contributed by atoms with E-state index >= 15 is 0 Å². The molecule has 0 unspecified atom stereocenters. The number of benzene rings is 8. The van der Waals surface area contributed by atoms with Crippen LogP contribution in [0.5, 0.6) is 57.5 Å². The van der Waals surface area contributed by atoms with Gasteiger partial charge in [0.1, 0.15) is 57.5 Å². The fraction of sp³-hybridized carbons (Fsp3) is 0.0769. The van der Waals surface area contributed by atoms with Crippen molar-refractivity contribution < 1.29 is 23.7 Å². The second-order valence-corrected chi connectivity index (χ2v) is 14.4. The third-order valence-corrected chi connectivity index (χ3v) is 10.1. The minimum Gasteiger partial charge on any atom is -0.457 e. The highest BCUT2D eigenvalue weighted by Crippen LogP contribution is 2.43. The summed E-state index contributed by atoms with van der Waals surface area (Å²) < 4.78 is 32.0. The zero-order valence-electron chi connectivity index (χ0n) is 33.9. The number of ether oxygens (including phenoxy) is 5. The van der Waals surface area contributed by atoms with Gasteiger partial charge in [-0.1, -0.05) is 38.1 Å². The lowest BCUT2D eigenvalue weighted by Gasteiger charge is -2.18. The van der Waals surface area contributed by atoms with Gasteiger partial charge >= 0.3 is 0 Å². The van der Waals surface area contributed by atoms with Crippen LogP contribution < -0.4 is 46.6 Å². The molecule has 0 spiro atoms. The van der Waals surface area contributed by atoms with Crippen LogP contribution in [0, 0.1) is 0 Å². The zero-order chi connectivity index (χ0) is 42.3. The molecule has 9 heteroatoms. The van der Waals surface area contributed by atoms with Gasteiger partial charge in [0, 0.05) is 33.9 Å². The molecule has 0 saturated carbocycles. The SMILES string of the molecule is CCc1cc(Oc2ccc(Oc3ccc(Oc4ccc(N)c(CC)c4)cc3-c3ccc(Oc4ccc(N)cc4)cc3)c(-c3ccc(Oc4ccc(N)cc4)cc3)c2)ccc1N. The first kappa shape index (κ1) is 39.8. The number of nitrogen functional groups attached to an aromatic ring is 4. The van der Waals surface area contributed by atoms with Gasteiger partial charge in [-0.05, 0) is 181 Å². The summed E-state index contributed by atoms with van der Waals surface area (Å²) in [5, 5.41) is 0. The summed E-state index contributed by atoms with van der Waals surface area (Å²) in [5.74, 6) is 6.56. The molecule has 61 heavy (non-hydrogen) atoms. The molecule has 304 valence electrons. The molecule has 0 fully saturated rings. The monoisotopic (exact) mass is 806 g/mol. The third-order valence-electron chi connectivity index (χ3n) is 10.1. The Morgan fingerprint density at radius 1 is 0.311 bits per heavy atom.